The highest BCUT2D eigenvalue weighted by Gasteiger charge is 2.21. The number of anilines is 1. The Bertz CT molecular complexity index is 402. The van der Waals surface area contributed by atoms with Crippen LogP contribution in [0.15, 0.2) is 18.3 Å². The van der Waals surface area contributed by atoms with E-state index in [0.717, 1.165) is 25.9 Å². The summed E-state index contributed by atoms with van der Waals surface area (Å²) in [6.45, 7) is 2.02. The van der Waals surface area contributed by atoms with Gasteiger partial charge in [0.1, 0.15) is 0 Å². The summed E-state index contributed by atoms with van der Waals surface area (Å²) in [5.41, 5.74) is 0.0476. The summed E-state index contributed by atoms with van der Waals surface area (Å²) in [5.74, 6) is 0.382. The van der Waals surface area contributed by atoms with E-state index in [1.807, 2.05) is 0 Å². The fourth-order valence-corrected chi connectivity index (χ4v) is 2.00. The smallest absolute Gasteiger partial charge is 0.311 e. The van der Waals surface area contributed by atoms with Gasteiger partial charge in [0.05, 0.1) is 4.92 Å². The van der Waals surface area contributed by atoms with E-state index >= 15 is 0 Å². The Morgan fingerprint density at radius 2 is 2.24 bits per heavy atom. The molecule has 6 heteroatoms. The fourth-order valence-electron chi connectivity index (χ4n) is 2.00. The molecule has 2 heterocycles. The summed E-state index contributed by atoms with van der Waals surface area (Å²) in [6, 6.07) is 3.34. The van der Waals surface area contributed by atoms with Crippen LogP contribution in [0, 0.1) is 10.1 Å². The van der Waals surface area contributed by atoms with E-state index in [9.17, 15) is 10.1 Å². The lowest BCUT2D eigenvalue weighted by Gasteiger charge is -2.29. The number of piperidine rings is 1. The predicted octanol–water partition coefficient (Wildman–Crippen LogP) is 1.50. The van der Waals surface area contributed by atoms with E-state index in [-0.39, 0.29) is 11.7 Å². The van der Waals surface area contributed by atoms with Crippen molar-refractivity contribution >= 4 is 11.5 Å². The number of hydrogen-bond donors (Lipinski definition) is 1. The number of rotatable bonds is 3. The van der Waals surface area contributed by atoms with E-state index in [0.29, 0.717) is 5.82 Å². The highest BCUT2D eigenvalue weighted by atomic mass is 16.6. The van der Waals surface area contributed by atoms with E-state index in [1.165, 1.54) is 6.07 Å². The van der Waals surface area contributed by atoms with Gasteiger partial charge in [0.2, 0.25) is 5.82 Å². The first-order chi connectivity index (χ1) is 8.16. The fraction of sp³-hybridized carbons (Fsp3) is 0.545. The molecule has 0 bridgehead atoms. The molecule has 1 aromatic rings. The molecule has 92 valence electrons. The predicted molar refractivity (Wildman–Crippen MR) is 65.0 cm³/mol. The van der Waals surface area contributed by atoms with E-state index in [2.05, 4.69) is 22.2 Å². The Kier molecular flexibility index (Phi) is 3.53. The van der Waals surface area contributed by atoms with Crippen LogP contribution < -0.4 is 5.32 Å². The molecule has 6 nitrogen and oxygen atoms in total. The minimum absolute atomic E-state index is 0.0476. The SMILES string of the molecule is CN1CCC(Nc2ncccc2[N+](=O)[O-])CC1. The number of aromatic nitrogens is 1. The third-order valence-electron chi connectivity index (χ3n) is 3.04. The molecule has 17 heavy (non-hydrogen) atoms. The minimum Gasteiger partial charge on any atom is -0.362 e. The van der Waals surface area contributed by atoms with Crippen LogP contribution in [0.25, 0.3) is 0 Å². The van der Waals surface area contributed by atoms with Gasteiger partial charge in [-0.05, 0) is 39.0 Å². The summed E-state index contributed by atoms with van der Waals surface area (Å²) < 4.78 is 0. The summed E-state index contributed by atoms with van der Waals surface area (Å²) >= 11 is 0. The first-order valence-electron chi connectivity index (χ1n) is 5.71. The van der Waals surface area contributed by atoms with Crippen LogP contribution in [0.1, 0.15) is 12.8 Å². The quantitative estimate of drug-likeness (QED) is 0.636. The van der Waals surface area contributed by atoms with Crippen molar-refractivity contribution in [3.05, 3.63) is 28.4 Å². The van der Waals surface area contributed by atoms with E-state index in [4.69, 9.17) is 0 Å². The number of likely N-dealkylation sites (tertiary alicyclic amines) is 1. The Morgan fingerprint density at radius 3 is 2.88 bits per heavy atom. The van der Waals surface area contributed by atoms with Gasteiger partial charge in [-0.25, -0.2) is 4.98 Å². The van der Waals surface area contributed by atoms with Gasteiger partial charge in [-0.15, -0.1) is 0 Å². The van der Waals surface area contributed by atoms with Gasteiger partial charge in [-0.3, -0.25) is 10.1 Å². The van der Waals surface area contributed by atoms with E-state index in [1.54, 1.807) is 12.3 Å². The van der Waals surface area contributed by atoms with Gasteiger partial charge >= 0.3 is 5.69 Å². The largest absolute Gasteiger partial charge is 0.362 e. The number of nitrogens with one attached hydrogen (secondary N) is 1. The molecule has 0 spiro atoms. The maximum Gasteiger partial charge on any atom is 0.311 e. The molecule has 0 aromatic carbocycles. The minimum atomic E-state index is -0.399. The zero-order valence-corrected chi connectivity index (χ0v) is 9.80. The molecule has 0 amide bonds. The first-order valence-corrected chi connectivity index (χ1v) is 5.71. The summed E-state index contributed by atoms with van der Waals surface area (Å²) in [6.07, 6.45) is 3.55. The second kappa shape index (κ2) is 5.09. The molecule has 1 N–H and O–H groups in total. The van der Waals surface area contributed by atoms with Crippen molar-refractivity contribution in [1.29, 1.82) is 0 Å². The Morgan fingerprint density at radius 1 is 1.53 bits per heavy atom. The number of nitro groups is 1. The maximum absolute atomic E-state index is 10.8. The van der Waals surface area contributed by atoms with Crippen molar-refractivity contribution in [3.63, 3.8) is 0 Å². The lowest BCUT2D eigenvalue weighted by atomic mass is 10.1. The monoisotopic (exact) mass is 236 g/mol. The highest BCUT2D eigenvalue weighted by molar-refractivity contribution is 5.55. The second-order valence-electron chi connectivity index (χ2n) is 4.35. The standard InChI is InChI=1S/C11H16N4O2/c1-14-7-4-9(5-8-14)13-11-10(15(16)17)3-2-6-12-11/h2-3,6,9H,4-5,7-8H2,1H3,(H,12,13). The van der Waals surface area contributed by atoms with Gasteiger partial charge < -0.3 is 10.2 Å². The van der Waals surface area contributed by atoms with Crippen LogP contribution >= 0.6 is 0 Å². The molecule has 1 aliphatic heterocycles. The molecule has 2 rings (SSSR count). The van der Waals surface area contributed by atoms with Crippen molar-refractivity contribution in [2.45, 2.75) is 18.9 Å². The van der Waals surface area contributed by atoms with Crippen LogP contribution in [0.2, 0.25) is 0 Å². The molecule has 1 aromatic heterocycles. The van der Waals surface area contributed by atoms with E-state index < -0.39 is 4.92 Å². The first kappa shape index (κ1) is 11.8. The maximum atomic E-state index is 10.8. The number of hydrogen-bond acceptors (Lipinski definition) is 5. The molecule has 0 unspecified atom stereocenters. The molecule has 1 aliphatic rings. The van der Waals surface area contributed by atoms with Gasteiger partial charge in [0.15, 0.2) is 0 Å². The van der Waals surface area contributed by atoms with Crippen LogP contribution in [-0.2, 0) is 0 Å². The molecule has 1 fully saturated rings. The van der Waals surface area contributed by atoms with Gasteiger partial charge in [-0.1, -0.05) is 0 Å². The Balaban J connectivity index is 2.05. The lowest BCUT2D eigenvalue weighted by Crippen LogP contribution is -2.37. The molecule has 0 radical (unpaired) electrons. The highest BCUT2D eigenvalue weighted by Crippen LogP contribution is 2.23. The third kappa shape index (κ3) is 2.91. The average Bonchev–Trinajstić information content (AvgIpc) is 2.32. The molecule has 1 saturated heterocycles. The molecule has 0 aliphatic carbocycles. The number of pyridine rings is 1. The lowest BCUT2D eigenvalue weighted by molar-refractivity contribution is -0.384. The summed E-state index contributed by atoms with van der Waals surface area (Å²) in [7, 11) is 2.08. The average molecular weight is 236 g/mol. The van der Waals surface area contributed by atoms with Gasteiger partial charge in [-0.2, -0.15) is 0 Å². The van der Waals surface area contributed by atoms with Gasteiger partial charge in [0, 0.05) is 18.3 Å². The molecular weight excluding hydrogens is 220 g/mol. The van der Waals surface area contributed by atoms with Crippen LogP contribution in [0.4, 0.5) is 11.5 Å². The van der Waals surface area contributed by atoms with Crippen LogP contribution in [-0.4, -0.2) is 41.0 Å². The molecule has 0 saturated carbocycles. The molecular formula is C11H16N4O2. The van der Waals surface area contributed by atoms with Crippen molar-refractivity contribution in [2.24, 2.45) is 0 Å². The van der Waals surface area contributed by atoms with Crippen molar-refractivity contribution in [2.75, 3.05) is 25.5 Å². The van der Waals surface area contributed by atoms with Gasteiger partial charge in [0.25, 0.3) is 0 Å². The zero-order valence-electron chi connectivity index (χ0n) is 9.80. The topological polar surface area (TPSA) is 71.3 Å². The summed E-state index contributed by atoms with van der Waals surface area (Å²) in [5, 5.41) is 14.0. The Hall–Kier alpha value is -1.69. The summed E-state index contributed by atoms with van der Waals surface area (Å²) in [4.78, 5) is 16.7. The number of nitrogens with zero attached hydrogens (tertiary/aromatic N) is 3. The van der Waals surface area contributed by atoms with Crippen molar-refractivity contribution in [1.82, 2.24) is 9.88 Å². The third-order valence-corrected chi connectivity index (χ3v) is 3.04. The normalized spacial score (nSPS) is 17.9. The van der Waals surface area contributed by atoms with Crippen LogP contribution in [0.3, 0.4) is 0 Å². The van der Waals surface area contributed by atoms with Crippen LogP contribution in [0.5, 0.6) is 0 Å². The van der Waals surface area contributed by atoms with Crippen molar-refractivity contribution in [3.8, 4) is 0 Å². The Labute approximate surface area is 99.8 Å². The molecule has 0 atom stereocenters. The second-order valence-corrected chi connectivity index (χ2v) is 4.35. The van der Waals surface area contributed by atoms with Crippen molar-refractivity contribution < 1.29 is 4.92 Å². The zero-order chi connectivity index (χ0) is 12.3.